The van der Waals surface area contributed by atoms with Crippen molar-refractivity contribution < 1.29 is 14.3 Å². The van der Waals surface area contributed by atoms with E-state index in [1.165, 1.54) is 21.6 Å². The van der Waals surface area contributed by atoms with Gasteiger partial charge in [-0.3, -0.25) is 14.5 Å². The molecule has 2 aliphatic heterocycles. The minimum absolute atomic E-state index is 0.0186. The number of amides is 2. The Morgan fingerprint density at radius 3 is 2.49 bits per heavy atom. The summed E-state index contributed by atoms with van der Waals surface area (Å²) in [6, 6.07) is 18.3. The molecule has 0 saturated carbocycles. The summed E-state index contributed by atoms with van der Waals surface area (Å²) in [5, 5.41) is 2.18. The quantitative estimate of drug-likeness (QED) is 0.348. The summed E-state index contributed by atoms with van der Waals surface area (Å²) in [7, 11) is 0. The Morgan fingerprint density at radius 2 is 1.69 bits per heavy atom. The third-order valence-corrected chi connectivity index (χ3v) is 8.89. The van der Waals surface area contributed by atoms with Gasteiger partial charge in [0.2, 0.25) is 5.91 Å². The standard InChI is InChI=1S/C32H39N3O3S/c1-3-4-21-38-26-12-10-25(11-13-26)32(37)34-17-7-16-33(19-20-34)30(36)23-35-18-14-29-28(15-22-39-29)31(35)27-9-6-5-8-24(27)2/h5-6,8-13,15,22,31H,3-4,7,14,16-21,23H2,1-2H3. The van der Waals surface area contributed by atoms with Crippen LogP contribution in [0.25, 0.3) is 0 Å². The highest BCUT2D eigenvalue weighted by Gasteiger charge is 2.33. The SMILES string of the molecule is CCCCOc1ccc(C(=O)N2CCCN(C(=O)CN3CCc4sccc4C3c3ccccc3C)CC2)cc1. The van der Waals surface area contributed by atoms with Crippen molar-refractivity contribution in [3.8, 4) is 5.75 Å². The Labute approximate surface area is 236 Å². The van der Waals surface area contributed by atoms with Crippen molar-refractivity contribution in [2.24, 2.45) is 0 Å². The van der Waals surface area contributed by atoms with Crippen LogP contribution in [0.2, 0.25) is 0 Å². The van der Waals surface area contributed by atoms with Crippen LogP contribution in [0.1, 0.15) is 64.2 Å². The van der Waals surface area contributed by atoms with Crippen molar-refractivity contribution in [1.82, 2.24) is 14.7 Å². The number of carbonyl (C=O) groups excluding carboxylic acids is 2. The van der Waals surface area contributed by atoms with Gasteiger partial charge >= 0.3 is 0 Å². The zero-order valence-electron chi connectivity index (χ0n) is 23.1. The fourth-order valence-corrected chi connectivity index (χ4v) is 6.55. The van der Waals surface area contributed by atoms with E-state index in [-0.39, 0.29) is 17.9 Å². The van der Waals surface area contributed by atoms with E-state index < -0.39 is 0 Å². The van der Waals surface area contributed by atoms with Crippen LogP contribution in [0, 0.1) is 6.92 Å². The molecule has 6 nitrogen and oxygen atoms in total. The molecule has 1 fully saturated rings. The largest absolute Gasteiger partial charge is 0.494 e. The highest BCUT2D eigenvalue weighted by Crippen LogP contribution is 2.38. The van der Waals surface area contributed by atoms with E-state index in [1.54, 1.807) is 0 Å². The van der Waals surface area contributed by atoms with Gasteiger partial charge in [0.15, 0.2) is 0 Å². The Morgan fingerprint density at radius 1 is 0.923 bits per heavy atom. The van der Waals surface area contributed by atoms with Crippen LogP contribution in [0.4, 0.5) is 0 Å². The molecular weight excluding hydrogens is 506 g/mol. The van der Waals surface area contributed by atoms with E-state index in [0.29, 0.717) is 44.9 Å². The minimum atomic E-state index is 0.0186. The van der Waals surface area contributed by atoms with Gasteiger partial charge in [0.25, 0.3) is 5.91 Å². The molecule has 2 aliphatic rings. The van der Waals surface area contributed by atoms with Crippen LogP contribution in [0.15, 0.2) is 60.0 Å². The van der Waals surface area contributed by atoms with Gasteiger partial charge in [0, 0.05) is 43.2 Å². The number of unbranched alkanes of at least 4 members (excludes halogenated alkanes) is 1. The van der Waals surface area contributed by atoms with Gasteiger partial charge in [-0.1, -0.05) is 37.6 Å². The molecule has 0 aliphatic carbocycles. The van der Waals surface area contributed by atoms with Gasteiger partial charge in [0.05, 0.1) is 19.2 Å². The van der Waals surface area contributed by atoms with Gasteiger partial charge in [-0.15, -0.1) is 11.3 Å². The van der Waals surface area contributed by atoms with Gasteiger partial charge in [-0.05, 0) is 78.6 Å². The van der Waals surface area contributed by atoms with E-state index in [2.05, 4.69) is 54.5 Å². The van der Waals surface area contributed by atoms with E-state index in [0.717, 1.165) is 38.0 Å². The fraction of sp³-hybridized carbons (Fsp3) is 0.438. The Hall–Kier alpha value is -3.16. The number of hydrogen-bond acceptors (Lipinski definition) is 5. The maximum Gasteiger partial charge on any atom is 0.253 e. The lowest BCUT2D eigenvalue weighted by Gasteiger charge is -2.37. The zero-order valence-corrected chi connectivity index (χ0v) is 23.9. The molecule has 3 heterocycles. The molecule has 206 valence electrons. The normalized spacial score (nSPS) is 17.9. The summed E-state index contributed by atoms with van der Waals surface area (Å²) >= 11 is 1.82. The first-order valence-corrected chi connectivity index (χ1v) is 15.1. The number of aryl methyl sites for hydroxylation is 1. The number of nitrogens with zero attached hydrogens (tertiary/aromatic N) is 3. The molecule has 3 aromatic rings. The first-order chi connectivity index (χ1) is 19.0. The zero-order chi connectivity index (χ0) is 27.2. The summed E-state index contributed by atoms with van der Waals surface area (Å²) in [6.45, 7) is 8.70. The molecule has 2 aromatic carbocycles. The average Bonchev–Trinajstić information content (AvgIpc) is 3.29. The number of thiophene rings is 1. The van der Waals surface area contributed by atoms with Crippen LogP contribution in [0.5, 0.6) is 5.75 Å². The number of fused-ring (bicyclic) bond motifs is 1. The van der Waals surface area contributed by atoms with E-state index in [9.17, 15) is 9.59 Å². The average molecular weight is 546 g/mol. The van der Waals surface area contributed by atoms with Gasteiger partial charge in [-0.25, -0.2) is 0 Å². The topological polar surface area (TPSA) is 53.1 Å². The smallest absolute Gasteiger partial charge is 0.253 e. The maximum absolute atomic E-state index is 13.6. The lowest BCUT2D eigenvalue weighted by Crippen LogP contribution is -2.45. The molecule has 2 amide bonds. The summed E-state index contributed by atoms with van der Waals surface area (Å²) < 4.78 is 5.73. The molecule has 0 spiro atoms. The second kappa shape index (κ2) is 12.8. The summed E-state index contributed by atoms with van der Waals surface area (Å²) in [6.07, 6.45) is 3.87. The van der Waals surface area contributed by atoms with E-state index in [1.807, 2.05) is 45.4 Å². The predicted molar refractivity (Wildman–Crippen MR) is 157 cm³/mol. The number of carbonyl (C=O) groups is 2. The highest BCUT2D eigenvalue weighted by atomic mass is 32.1. The molecule has 7 heteroatoms. The fourth-order valence-electron chi connectivity index (χ4n) is 5.65. The van der Waals surface area contributed by atoms with Crippen molar-refractivity contribution in [3.05, 3.63) is 87.1 Å². The first-order valence-electron chi connectivity index (χ1n) is 14.2. The minimum Gasteiger partial charge on any atom is -0.494 e. The lowest BCUT2D eigenvalue weighted by atomic mass is 9.90. The van der Waals surface area contributed by atoms with Crippen molar-refractivity contribution in [2.45, 2.75) is 45.6 Å². The van der Waals surface area contributed by atoms with Crippen LogP contribution >= 0.6 is 11.3 Å². The third kappa shape index (κ3) is 6.36. The number of hydrogen-bond donors (Lipinski definition) is 0. The molecule has 0 N–H and O–H groups in total. The van der Waals surface area contributed by atoms with Gasteiger partial charge in [-0.2, -0.15) is 0 Å². The molecule has 1 saturated heterocycles. The summed E-state index contributed by atoms with van der Waals surface area (Å²) in [4.78, 5) is 34.4. The van der Waals surface area contributed by atoms with Crippen LogP contribution in [-0.2, 0) is 11.2 Å². The maximum atomic E-state index is 13.6. The van der Waals surface area contributed by atoms with Crippen LogP contribution in [0.3, 0.4) is 0 Å². The number of ether oxygens (including phenoxy) is 1. The van der Waals surface area contributed by atoms with E-state index in [4.69, 9.17) is 4.74 Å². The van der Waals surface area contributed by atoms with Crippen LogP contribution in [-0.4, -0.2) is 72.4 Å². The van der Waals surface area contributed by atoms with Crippen molar-refractivity contribution in [1.29, 1.82) is 0 Å². The van der Waals surface area contributed by atoms with Gasteiger partial charge in [0.1, 0.15) is 5.75 Å². The first kappa shape index (κ1) is 27.4. The summed E-state index contributed by atoms with van der Waals surface area (Å²) in [5.41, 5.74) is 4.53. The second-order valence-electron chi connectivity index (χ2n) is 10.5. The predicted octanol–water partition coefficient (Wildman–Crippen LogP) is 5.56. The molecule has 0 radical (unpaired) electrons. The summed E-state index contributed by atoms with van der Waals surface area (Å²) in [5.74, 6) is 0.962. The molecule has 1 atom stereocenters. The van der Waals surface area contributed by atoms with E-state index >= 15 is 0 Å². The Bertz CT molecular complexity index is 1270. The molecule has 1 aromatic heterocycles. The molecule has 1 unspecified atom stereocenters. The number of benzene rings is 2. The molecule has 5 rings (SSSR count). The Balaban J connectivity index is 1.21. The van der Waals surface area contributed by atoms with Crippen molar-refractivity contribution >= 4 is 23.2 Å². The highest BCUT2D eigenvalue weighted by molar-refractivity contribution is 7.10. The van der Waals surface area contributed by atoms with Crippen LogP contribution < -0.4 is 4.74 Å². The molecule has 39 heavy (non-hydrogen) atoms. The molecule has 0 bridgehead atoms. The monoisotopic (exact) mass is 545 g/mol. The Kier molecular flexibility index (Phi) is 8.99. The lowest BCUT2D eigenvalue weighted by molar-refractivity contribution is -0.132. The second-order valence-corrected chi connectivity index (χ2v) is 11.5. The third-order valence-electron chi connectivity index (χ3n) is 7.89. The number of rotatable bonds is 8. The van der Waals surface area contributed by atoms with Gasteiger partial charge < -0.3 is 14.5 Å². The molecular formula is C32H39N3O3S. The van der Waals surface area contributed by atoms with Crippen molar-refractivity contribution in [3.63, 3.8) is 0 Å². The van der Waals surface area contributed by atoms with Crippen molar-refractivity contribution in [2.75, 3.05) is 45.9 Å².